The van der Waals surface area contributed by atoms with Crippen LogP contribution in [0.1, 0.15) is 28.5 Å². The number of methoxy groups -OCH3 is 1. The summed E-state index contributed by atoms with van der Waals surface area (Å²) in [5.74, 6) is -1.42. The molecule has 0 spiro atoms. The Morgan fingerprint density at radius 3 is 2.69 bits per heavy atom. The molecule has 26 heavy (non-hydrogen) atoms. The van der Waals surface area contributed by atoms with Crippen molar-refractivity contribution in [3.8, 4) is 0 Å². The smallest absolute Gasteiger partial charge is 0.410 e. The monoisotopic (exact) mass is 360 g/mol. The van der Waals surface area contributed by atoms with Gasteiger partial charge < -0.3 is 24.0 Å². The summed E-state index contributed by atoms with van der Waals surface area (Å²) in [6.07, 6.45) is 0.142. The summed E-state index contributed by atoms with van der Waals surface area (Å²) in [4.78, 5) is 36.8. The minimum Gasteiger partial charge on any atom is -0.478 e. The van der Waals surface area contributed by atoms with Crippen LogP contribution in [0.15, 0.2) is 18.2 Å². The lowest BCUT2D eigenvalue weighted by molar-refractivity contribution is -0.141. The number of fused-ring (bicyclic) bond motifs is 3. The topological polar surface area (TPSA) is 98.1 Å². The number of aromatic nitrogens is 1. The van der Waals surface area contributed by atoms with Crippen molar-refractivity contribution < 1.29 is 29.0 Å². The molecule has 1 N–H and O–H groups in total. The molecular weight excluding hydrogens is 340 g/mol. The van der Waals surface area contributed by atoms with Crippen LogP contribution in [0, 0.1) is 0 Å². The van der Waals surface area contributed by atoms with Gasteiger partial charge in [-0.15, -0.1) is 0 Å². The van der Waals surface area contributed by atoms with Gasteiger partial charge >= 0.3 is 18.0 Å². The van der Waals surface area contributed by atoms with Gasteiger partial charge in [-0.3, -0.25) is 4.79 Å². The van der Waals surface area contributed by atoms with Crippen molar-refractivity contribution in [2.75, 3.05) is 20.3 Å². The summed E-state index contributed by atoms with van der Waals surface area (Å²) in [6, 6.07) is 4.78. The van der Waals surface area contributed by atoms with Crippen LogP contribution in [0.3, 0.4) is 0 Å². The summed E-state index contributed by atoms with van der Waals surface area (Å²) in [5.41, 5.74) is 2.65. The normalized spacial score (nSPS) is 13.4. The van der Waals surface area contributed by atoms with Crippen molar-refractivity contribution >= 4 is 28.9 Å². The molecule has 1 aliphatic heterocycles. The number of ether oxygens (including phenoxy) is 2. The predicted octanol–water partition coefficient (Wildman–Crippen LogP) is 2.03. The van der Waals surface area contributed by atoms with Crippen molar-refractivity contribution in [2.45, 2.75) is 26.4 Å². The molecule has 0 bridgehead atoms. The number of carboxylic acid groups (broad SMARTS) is 1. The number of carbonyl (C=O) groups excluding carboxylic acids is 2. The molecular formula is C18H20N2O6. The largest absolute Gasteiger partial charge is 0.478 e. The number of amides is 1. The Labute approximate surface area is 149 Å². The molecule has 1 aromatic heterocycles. The zero-order valence-electron chi connectivity index (χ0n) is 14.7. The molecule has 0 atom stereocenters. The first-order valence-corrected chi connectivity index (χ1v) is 8.32. The van der Waals surface area contributed by atoms with Crippen molar-refractivity contribution in [1.82, 2.24) is 9.47 Å². The minimum atomic E-state index is -1.03. The van der Waals surface area contributed by atoms with E-state index in [1.165, 1.54) is 13.2 Å². The summed E-state index contributed by atoms with van der Waals surface area (Å²) in [7, 11) is 1.32. The predicted molar refractivity (Wildman–Crippen MR) is 92.0 cm³/mol. The molecule has 1 aromatic carbocycles. The van der Waals surface area contributed by atoms with E-state index in [9.17, 15) is 19.5 Å². The first-order chi connectivity index (χ1) is 12.5. The molecule has 0 saturated carbocycles. The molecule has 0 unspecified atom stereocenters. The summed E-state index contributed by atoms with van der Waals surface area (Å²) in [6.45, 7) is 2.84. The van der Waals surface area contributed by atoms with Crippen LogP contribution in [0.5, 0.6) is 0 Å². The van der Waals surface area contributed by atoms with E-state index in [1.54, 1.807) is 24.0 Å². The third-order valence-electron chi connectivity index (χ3n) is 4.54. The third kappa shape index (κ3) is 3.10. The standard InChI is InChI=1S/C18H20N2O6/c1-3-26-18(24)19-7-6-15-13(9-19)12-8-11(17(22)23)4-5-14(12)20(15)10-16(21)25-2/h4-5,8H,3,6-7,9-10H2,1-2H3,(H,22,23). The third-order valence-corrected chi connectivity index (χ3v) is 4.54. The second kappa shape index (κ2) is 7.07. The van der Waals surface area contributed by atoms with Gasteiger partial charge in [-0.1, -0.05) is 0 Å². The number of esters is 1. The van der Waals surface area contributed by atoms with E-state index in [4.69, 9.17) is 9.47 Å². The van der Waals surface area contributed by atoms with Crippen molar-refractivity contribution in [3.05, 3.63) is 35.0 Å². The van der Waals surface area contributed by atoms with Gasteiger partial charge in [0.1, 0.15) is 6.54 Å². The van der Waals surface area contributed by atoms with Gasteiger partial charge in [-0.2, -0.15) is 0 Å². The maximum Gasteiger partial charge on any atom is 0.410 e. The van der Waals surface area contributed by atoms with Crippen LogP contribution in [0.2, 0.25) is 0 Å². The van der Waals surface area contributed by atoms with E-state index in [-0.39, 0.29) is 24.7 Å². The van der Waals surface area contributed by atoms with Crippen LogP contribution in [-0.2, 0) is 33.8 Å². The lowest BCUT2D eigenvalue weighted by atomic mass is 10.0. The molecule has 0 radical (unpaired) electrons. The van der Waals surface area contributed by atoms with Crippen molar-refractivity contribution in [2.24, 2.45) is 0 Å². The Balaban J connectivity index is 2.11. The number of hydrogen-bond donors (Lipinski definition) is 1. The van der Waals surface area contributed by atoms with Gasteiger partial charge in [0, 0.05) is 35.1 Å². The number of aromatic carboxylic acids is 1. The molecule has 8 heteroatoms. The maximum atomic E-state index is 12.1. The highest BCUT2D eigenvalue weighted by Crippen LogP contribution is 2.32. The molecule has 3 rings (SSSR count). The minimum absolute atomic E-state index is 0.0359. The maximum absolute atomic E-state index is 12.1. The zero-order valence-corrected chi connectivity index (χ0v) is 14.7. The number of carboxylic acids is 1. The van der Waals surface area contributed by atoms with Gasteiger partial charge in [-0.25, -0.2) is 9.59 Å². The van der Waals surface area contributed by atoms with Crippen molar-refractivity contribution in [1.29, 1.82) is 0 Å². The number of nitrogens with zero attached hydrogens (tertiary/aromatic N) is 2. The summed E-state index contributed by atoms with van der Waals surface area (Å²) >= 11 is 0. The van der Waals surface area contributed by atoms with Gasteiger partial charge in [0.2, 0.25) is 0 Å². The molecule has 1 aliphatic rings. The van der Waals surface area contributed by atoms with E-state index in [1.807, 2.05) is 4.57 Å². The molecule has 1 amide bonds. The SMILES string of the molecule is CCOC(=O)N1CCc2c(c3cc(C(=O)O)ccc3n2CC(=O)OC)C1. The fourth-order valence-corrected chi connectivity index (χ4v) is 3.33. The number of benzene rings is 1. The molecule has 0 aliphatic carbocycles. The van der Waals surface area contributed by atoms with Crippen LogP contribution >= 0.6 is 0 Å². The van der Waals surface area contributed by atoms with Crippen molar-refractivity contribution in [3.63, 3.8) is 0 Å². The summed E-state index contributed by atoms with van der Waals surface area (Å²) < 4.78 is 11.7. The summed E-state index contributed by atoms with van der Waals surface area (Å²) in [5, 5.41) is 10.0. The Hall–Kier alpha value is -3.03. The van der Waals surface area contributed by atoms with Gasteiger partial charge in [0.25, 0.3) is 0 Å². The van der Waals surface area contributed by atoms with Gasteiger partial charge in [0.05, 0.1) is 25.8 Å². The van der Waals surface area contributed by atoms with Crippen LogP contribution in [-0.4, -0.2) is 52.9 Å². The highest BCUT2D eigenvalue weighted by molar-refractivity contribution is 5.96. The van der Waals surface area contributed by atoms with Crippen LogP contribution in [0.4, 0.5) is 4.79 Å². The average Bonchev–Trinajstić information content (AvgIpc) is 2.94. The molecule has 138 valence electrons. The molecule has 0 saturated heterocycles. The lowest BCUT2D eigenvalue weighted by Crippen LogP contribution is -2.36. The Morgan fingerprint density at radius 2 is 2.04 bits per heavy atom. The van der Waals surface area contributed by atoms with Gasteiger partial charge in [-0.05, 0) is 25.1 Å². The van der Waals surface area contributed by atoms with Gasteiger partial charge in [0.15, 0.2) is 0 Å². The van der Waals surface area contributed by atoms with E-state index in [2.05, 4.69) is 0 Å². The highest BCUT2D eigenvalue weighted by atomic mass is 16.6. The Morgan fingerprint density at radius 1 is 1.27 bits per heavy atom. The molecule has 2 aromatic rings. The van der Waals surface area contributed by atoms with E-state index in [0.29, 0.717) is 19.5 Å². The lowest BCUT2D eigenvalue weighted by Gasteiger charge is -2.27. The Bertz CT molecular complexity index is 885. The van der Waals surface area contributed by atoms with E-state index < -0.39 is 12.1 Å². The highest BCUT2D eigenvalue weighted by Gasteiger charge is 2.28. The van der Waals surface area contributed by atoms with E-state index >= 15 is 0 Å². The Kier molecular flexibility index (Phi) is 4.83. The number of hydrogen-bond acceptors (Lipinski definition) is 5. The molecule has 0 fully saturated rings. The number of rotatable bonds is 4. The second-order valence-electron chi connectivity index (χ2n) is 6.00. The first-order valence-electron chi connectivity index (χ1n) is 8.32. The number of carbonyl (C=O) groups is 3. The first kappa shape index (κ1) is 17.8. The quantitative estimate of drug-likeness (QED) is 0.838. The molecule has 2 heterocycles. The fourth-order valence-electron chi connectivity index (χ4n) is 3.33. The fraction of sp³-hybridized carbons (Fsp3) is 0.389. The second-order valence-corrected chi connectivity index (χ2v) is 6.00. The van der Waals surface area contributed by atoms with E-state index in [0.717, 1.165) is 22.2 Å². The molecule has 8 nitrogen and oxygen atoms in total. The zero-order chi connectivity index (χ0) is 18.8. The van der Waals surface area contributed by atoms with Crippen LogP contribution < -0.4 is 0 Å². The van der Waals surface area contributed by atoms with Crippen LogP contribution in [0.25, 0.3) is 10.9 Å². The average molecular weight is 360 g/mol.